The molecule has 2 aromatic heterocycles. The monoisotopic (exact) mass is 239 g/mol. The molecule has 1 aromatic carbocycles. The molecule has 1 N–H and O–H groups in total. The van der Waals surface area contributed by atoms with Gasteiger partial charge in [0.2, 0.25) is 0 Å². The molecule has 0 fully saturated rings. The molecule has 0 aliphatic rings. The largest absolute Gasteiger partial charge is 0.346 e. The zero-order valence-electron chi connectivity index (χ0n) is 8.92. The average Bonchev–Trinajstić information content (AvgIpc) is 2.38. The van der Waals surface area contributed by atoms with Gasteiger partial charge in [-0.2, -0.15) is 0 Å². The molecule has 2 heterocycles. The molecule has 0 aliphatic carbocycles. The normalized spacial score (nSPS) is 10.6. The van der Waals surface area contributed by atoms with Crippen molar-refractivity contribution >= 4 is 23.0 Å². The Labute approximate surface area is 103 Å². The fraction of sp³-hybridized carbons (Fsp3) is 0. The van der Waals surface area contributed by atoms with E-state index in [1.54, 1.807) is 12.5 Å². The fourth-order valence-corrected chi connectivity index (χ4v) is 2.05. The SMILES string of the molecule is S=c1cc(-c2cccc3cnccc23)[nH]cn1. The van der Waals surface area contributed by atoms with E-state index in [1.807, 2.05) is 30.5 Å². The fourth-order valence-electron chi connectivity index (χ4n) is 1.88. The number of hydrogen-bond acceptors (Lipinski definition) is 3. The van der Waals surface area contributed by atoms with Crippen LogP contribution in [0, 0.1) is 4.64 Å². The molecule has 0 unspecified atom stereocenters. The zero-order valence-corrected chi connectivity index (χ0v) is 9.74. The summed E-state index contributed by atoms with van der Waals surface area (Å²) in [5, 5.41) is 2.26. The Bertz CT molecular complexity index is 728. The number of benzene rings is 1. The van der Waals surface area contributed by atoms with Crippen molar-refractivity contribution in [1.82, 2.24) is 15.0 Å². The Balaban J connectivity index is 2.34. The number of nitrogens with zero attached hydrogens (tertiary/aromatic N) is 2. The molecule has 17 heavy (non-hydrogen) atoms. The van der Waals surface area contributed by atoms with Crippen LogP contribution in [0.1, 0.15) is 0 Å². The summed E-state index contributed by atoms with van der Waals surface area (Å²) in [5.41, 5.74) is 2.08. The highest BCUT2D eigenvalue weighted by molar-refractivity contribution is 7.71. The third-order valence-corrected chi connectivity index (χ3v) is 2.87. The lowest BCUT2D eigenvalue weighted by Gasteiger charge is -2.05. The third kappa shape index (κ3) is 1.83. The number of aromatic amines is 1. The number of rotatable bonds is 1. The highest BCUT2D eigenvalue weighted by Crippen LogP contribution is 2.25. The lowest BCUT2D eigenvalue weighted by Crippen LogP contribution is -1.87. The summed E-state index contributed by atoms with van der Waals surface area (Å²) in [7, 11) is 0. The maximum absolute atomic E-state index is 5.08. The lowest BCUT2D eigenvalue weighted by molar-refractivity contribution is 1.16. The Kier molecular flexibility index (Phi) is 2.42. The number of aromatic nitrogens is 3. The van der Waals surface area contributed by atoms with Crippen molar-refractivity contribution in [3.8, 4) is 11.3 Å². The summed E-state index contributed by atoms with van der Waals surface area (Å²) in [6.45, 7) is 0. The van der Waals surface area contributed by atoms with Crippen LogP contribution in [0.15, 0.2) is 49.1 Å². The van der Waals surface area contributed by atoms with Crippen molar-refractivity contribution in [3.63, 3.8) is 0 Å². The molecule has 0 spiro atoms. The summed E-state index contributed by atoms with van der Waals surface area (Å²) in [4.78, 5) is 11.2. The van der Waals surface area contributed by atoms with Crippen LogP contribution in [0.2, 0.25) is 0 Å². The van der Waals surface area contributed by atoms with Gasteiger partial charge in [0.15, 0.2) is 0 Å². The number of fused-ring (bicyclic) bond motifs is 1. The van der Waals surface area contributed by atoms with Crippen molar-refractivity contribution in [2.45, 2.75) is 0 Å². The molecular weight excluding hydrogens is 230 g/mol. The highest BCUT2D eigenvalue weighted by atomic mass is 32.1. The van der Waals surface area contributed by atoms with Gasteiger partial charge in [0, 0.05) is 23.3 Å². The Morgan fingerprint density at radius 2 is 2.12 bits per heavy atom. The number of hydrogen-bond donors (Lipinski definition) is 1. The molecule has 3 aromatic rings. The van der Waals surface area contributed by atoms with Crippen molar-refractivity contribution in [3.05, 3.63) is 53.7 Å². The third-order valence-electron chi connectivity index (χ3n) is 2.65. The minimum Gasteiger partial charge on any atom is -0.346 e. The number of pyridine rings is 1. The molecule has 0 radical (unpaired) electrons. The van der Waals surface area contributed by atoms with E-state index in [1.165, 1.54) is 0 Å². The predicted molar refractivity (Wildman–Crippen MR) is 70.2 cm³/mol. The quantitative estimate of drug-likeness (QED) is 0.662. The molecule has 0 bridgehead atoms. The van der Waals surface area contributed by atoms with Crippen LogP contribution < -0.4 is 0 Å². The van der Waals surface area contributed by atoms with Gasteiger partial charge in [0.25, 0.3) is 0 Å². The summed E-state index contributed by atoms with van der Waals surface area (Å²) < 4.78 is 0.588. The summed E-state index contributed by atoms with van der Waals surface area (Å²) in [5.74, 6) is 0. The molecule has 4 heteroatoms. The smallest absolute Gasteiger partial charge is 0.130 e. The molecule has 3 rings (SSSR count). The standard InChI is InChI=1S/C13H9N3S/c17-13-6-12(15-8-16-13)11-3-1-2-9-7-14-5-4-10(9)11/h1-8H,(H,15,16,17). The van der Waals surface area contributed by atoms with E-state index in [0.29, 0.717) is 4.64 Å². The van der Waals surface area contributed by atoms with E-state index in [4.69, 9.17) is 12.2 Å². The van der Waals surface area contributed by atoms with E-state index in [0.717, 1.165) is 22.0 Å². The minimum atomic E-state index is 0.588. The zero-order chi connectivity index (χ0) is 11.7. The average molecular weight is 239 g/mol. The van der Waals surface area contributed by atoms with E-state index in [9.17, 15) is 0 Å². The van der Waals surface area contributed by atoms with Gasteiger partial charge >= 0.3 is 0 Å². The Morgan fingerprint density at radius 3 is 3.00 bits per heavy atom. The molecular formula is C13H9N3S. The Morgan fingerprint density at radius 1 is 1.18 bits per heavy atom. The van der Waals surface area contributed by atoms with Crippen molar-refractivity contribution in [2.75, 3.05) is 0 Å². The van der Waals surface area contributed by atoms with Gasteiger partial charge in [-0.15, -0.1) is 0 Å². The molecule has 0 amide bonds. The van der Waals surface area contributed by atoms with Crippen molar-refractivity contribution < 1.29 is 0 Å². The molecule has 3 nitrogen and oxygen atoms in total. The van der Waals surface area contributed by atoms with Gasteiger partial charge < -0.3 is 4.98 Å². The second-order valence-corrected chi connectivity index (χ2v) is 4.12. The predicted octanol–water partition coefficient (Wildman–Crippen LogP) is 3.35. The topological polar surface area (TPSA) is 41.6 Å². The van der Waals surface area contributed by atoms with Gasteiger partial charge in [-0.1, -0.05) is 30.4 Å². The maximum Gasteiger partial charge on any atom is 0.130 e. The van der Waals surface area contributed by atoms with Crippen LogP contribution >= 0.6 is 12.2 Å². The summed E-state index contributed by atoms with van der Waals surface area (Å²) in [6, 6.07) is 9.98. The molecule has 0 saturated heterocycles. The first-order valence-electron chi connectivity index (χ1n) is 5.22. The van der Waals surface area contributed by atoms with E-state index in [-0.39, 0.29) is 0 Å². The van der Waals surface area contributed by atoms with Crippen LogP contribution in [0.25, 0.3) is 22.0 Å². The summed E-state index contributed by atoms with van der Waals surface area (Å²) in [6.07, 6.45) is 5.27. The first kappa shape index (κ1) is 10.1. The molecule has 0 aliphatic heterocycles. The number of nitrogens with one attached hydrogen (secondary N) is 1. The second kappa shape index (κ2) is 4.07. The maximum atomic E-state index is 5.08. The van der Waals surface area contributed by atoms with Gasteiger partial charge in [-0.3, -0.25) is 4.98 Å². The van der Waals surface area contributed by atoms with E-state index < -0.39 is 0 Å². The molecule has 82 valence electrons. The first-order chi connectivity index (χ1) is 8.34. The second-order valence-electron chi connectivity index (χ2n) is 3.70. The van der Waals surface area contributed by atoms with Gasteiger partial charge in [-0.05, 0) is 17.5 Å². The van der Waals surface area contributed by atoms with Crippen LogP contribution in [0.3, 0.4) is 0 Å². The molecule has 0 saturated carbocycles. The van der Waals surface area contributed by atoms with E-state index >= 15 is 0 Å². The van der Waals surface area contributed by atoms with Crippen LogP contribution in [0.5, 0.6) is 0 Å². The first-order valence-corrected chi connectivity index (χ1v) is 5.63. The van der Waals surface area contributed by atoms with Gasteiger partial charge in [-0.25, -0.2) is 4.98 Å². The van der Waals surface area contributed by atoms with Crippen LogP contribution in [0.4, 0.5) is 0 Å². The van der Waals surface area contributed by atoms with Gasteiger partial charge in [0.05, 0.1) is 12.0 Å². The van der Waals surface area contributed by atoms with E-state index in [2.05, 4.69) is 21.0 Å². The van der Waals surface area contributed by atoms with Gasteiger partial charge in [0.1, 0.15) is 4.64 Å². The highest BCUT2D eigenvalue weighted by Gasteiger charge is 2.03. The Hall–Kier alpha value is -2.07. The minimum absolute atomic E-state index is 0.588. The van der Waals surface area contributed by atoms with Crippen molar-refractivity contribution in [1.29, 1.82) is 0 Å². The van der Waals surface area contributed by atoms with Crippen LogP contribution in [-0.4, -0.2) is 15.0 Å². The van der Waals surface area contributed by atoms with Crippen LogP contribution in [-0.2, 0) is 0 Å². The number of H-pyrrole nitrogens is 1. The molecule has 0 atom stereocenters. The lowest BCUT2D eigenvalue weighted by atomic mass is 10.0. The summed E-state index contributed by atoms with van der Waals surface area (Å²) >= 11 is 5.08. The van der Waals surface area contributed by atoms with Crippen molar-refractivity contribution in [2.24, 2.45) is 0 Å².